The average Bonchev–Trinajstić information content (AvgIpc) is 3.24. The van der Waals surface area contributed by atoms with Crippen LogP contribution < -0.4 is 4.74 Å². The lowest BCUT2D eigenvalue weighted by Gasteiger charge is -2.12. The van der Waals surface area contributed by atoms with Gasteiger partial charge in [0, 0.05) is 23.7 Å². The molecule has 1 aliphatic carbocycles. The monoisotopic (exact) mass is 375 g/mol. The molecule has 4 aromatic carbocycles. The summed E-state index contributed by atoms with van der Waals surface area (Å²) in [7, 11) is 0. The van der Waals surface area contributed by atoms with Crippen LogP contribution in [0.3, 0.4) is 0 Å². The zero-order valence-electron chi connectivity index (χ0n) is 15.8. The van der Waals surface area contributed by atoms with E-state index in [4.69, 9.17) is 4.74 Å². The number of benzene rings is 4. The molecule has 1 aromatic heterocycles. The number of para-hydroxylation sites is 1. The Morgan fingerprint density at radius 3 is 2.24 bits per heavy atom. The van der Waals surface area contributed by atoms with Crippen LogP contribution >= 0.6 is 0 Å². The molecule has 5 aromatic rings. The first-order chi connectivity index (χ1) is 14.2. The molecule has 3 heteroatoms. The number of carbonyl (C=O) groups excluding carboxylic acids is 1. The molecule has 0 saturated carbocycles. The molecule has 0 atom stereocenters. The number of ether oxygens (including phenoxy) is 1. The van der Waals surface area contributed by atoms with Crippen LogP contribution in [0, 0.1) is 0 Å². The Morgan fingerprint density at radius 2 is 1.48 bits per heavy atom. The van der Waals surface area contributed by atoms with Crippen molar-refractivity contribution in [3.05, 3.63) is 84.9 Å². The maximum absolute atomic E-state index is 11.8. The molecule has 6 rings (SSSR count). The summed E-state index contributed by atoms with van der Waals surface area (Å²) in [6.45, 7) is 1.45. The molecule has 0 aliphatic heterocycles. The van der Waals surface area contributed by atoms with Crippen molar-refractivity contribution in [3.8, 4) is 33.8 Å². The first-order valence-corrected chi connectivity index (χ1v) is 9.68. The van der Waals surface area contributed by atoms with Gasteiger partial charge in [-0.15, -0.1) is 0 Å². The Hall–Kier alpha value is -3.85. The minimum Gasteiger partial charge on any atom is -0.426 e. The van der Waals surface area contributed by atoms with Crippen LogP contribution in [-0.4, -0.2) is 10.5 Å². The van der Waals surface area contributed by atoms with E-state index in [0.717, 1.165) is 27.8 Å². The lowest BCUT2D eigenvalue weighted by atomic mass is 10.0. The summed E-state index contributed by atoms with van der Waals surface area (Å²) < 4.78 is 7.93. The van der Waals surface area contributed by atoms with Gasteiger partial charge in [0.2, 0.25) is 0 Å². The number of carbonyl (C=O) groups is 1. The van der Waals surface area contributed by atoms with Crippen LogP contribution in [0.1, 0.15) is 6.92 Å². The van der Waals surface area contributed by atoms with Gasteiger partial charge in [0.15, 0.2) is 0 Å². The maximum atomic E-state index is 11.8. The lowest BCUT2D eigenvalue weighted by Crippen LogP contribution is -2.02. The number of aromatic nitrogens is 1. The van der Waals surface area contributed by atoms with Crippen molar-refractivity contribution in [2.75, 3.05) is 0 Å². The predicted molar refractivity (Wildman–Crippen MR) is 117 cm³/mol. The van der Waals surface area contributed by atoms with Crippen LogP contribution in [-0.2, 0) is 4.79 Å². The SMILES string of the molecule is CC(=O)Oc1cccc2c1c1c(n2-c2ccccc2)-c2cccc3cccc-1c23. The molecule has 0 N–H and O–H groups in total. The number of hydrogen-bond donors (Lipinski definition) is 0. The smallest absolute Gasteiger partial charge is 0.308 e. The second kappa shape index (κ2) is 5.82. The van der Waals surface area contributed by atoms with Gasteiger partial charge in [0.05, 0.1) is 16.6 Å². The molecule has 0 spiro atoms. The molecule has 1 heterocycles. The Labute approximate surface area is 167 Å². The Kier molecular flexibility index (Phi) is 3.24. The minimum atomic E-state index is -0.313. The normalized spacial score (nSPS) is 11.8. The van der Waals surface area contributed by atoms with Crippen molar-refractivity contribution < 1.29 is 9.53 Å². The molecule has 1 aliphatic rings. The highest BCUT2D eigenvalue weighted by Crippen LogP contribution is 2.54. The van der Waals surface area contributed by atoms with Gasteiger partial charge in [-0.1, -0.05) is 60.7 Å². The third-order valence-electron chi connectivity index (χ3n) is 5.65. The van der Waals surface area contributed by atoms with Gasteiger partial charge in [-0.3, -0.25) is 4.79 Å². The van der Waals surface area contributed by atoms with Crippen LogP contribution in [0.5, 0.6) is 5.75 Å². The highest BCUT2D eigenvalue weighted by molar-refractivity contribution is 6.23. The number of esters is 1. The molecule has 0 amide bonds. The molecule has 0 bridgehead atoms. The van der Waals surface area contributed by atoms with E-state index in [1.54, 1.807) is 0 Å². The van der Waals surface area contributed by atoms with E-state index >= 15 is 0 Å². The van der Waals surface area contributed by atoms with E-state index in [9.17, 15) is 4.79 Å². The maximum Gasteiger partial charge on any atom is 0.308 e. The van der Waals surface area contributed by atoms with Crippen LogP contribution in [0.2, 0.25) is 0 Å². The summed E-state index contributed by atoms with van der Waals surface area (Å²) in [5, 5.41) is 3.45. The zero-order valence-corrected chi connectivity index (χ0v) is 15.8. The zero-order chi connectivity index (χ0) is 19.5. The molecular weight excluding hydrogens is 358 g/mol. The number of rotatable bonds is 2. The highest BCUT2D eigenvalue weighted by Gasteiger charge is 2.30. The molecule has 29 heavy (non-hydrogen) atoms. The first kappa shape index (κ1) is 16.1. The van der Waals surface area contributed by atoms with E-state index < -0.39 is 0 Å². The summed E-state index contributed by atoms with van der Waals surface area (Å²) in [5.74, 6) is 0.290. The minimum absolute atomic E-state index is 0.313. The van der Waals surface area contributed by atoms with Crippen LogP contribution in [0.15, 0.2) is 84.9 Å². The largest absolute Gasteiger partial charge is 0.426 e. The van der Waals surface area contributed by atoms with E-state index in [-0.39, 0.29) is 5.97 Å². The van der Waals surface area contributed by atoms with Crippen molar-refractivity contribution in [1.29, 1.82) is 0 Å². The third kappa shape index (κ3) is 2.15. The number of fused-ring (bicyclic) bond motifs is 5. The van der Waals surface area contributed by atoms with Gasteiger partial charge in [0.1, 0.15) is 5.75 Å². The van der Waals surface area contributed by atoms with Crippen molar-refractivity contribution in [1.82, 2.24) is 4.57 Å². The fourth-order valence-electron chi connectivity index (χ4n) is 4.66. The molecular formula is C26H17NO2. The topological polar surface area (TPSA) is 31.2 Å². The van der Waals surface area contributed by atoms with Gasteiger partial charge in [-0.25, -0.2) is 0 Å². The van der Waals surface area contributed by atoms with Crippen LogP contribution in [0.25, 0.3) is 49.7 Å². The van der Waals surface area contributed by atoms with Crippen molar-refractivity contribution in [2.45, 2.75) is 6.92 Å². The summed E-state index contributed by atoms with van der Waals surface area (Å²) in [4.78, 5) is 11.8. The molecule has 0 radical (unpaired) electrons. The molecule has 0 saturated heterocycles. The van der Waals surface area contributed by atoms with Crippen molar-refractivity contribution >= 4 is 27.6 Å². The van der Waals surface area contributed by atoms with E-state index in [2.05, 4.69) is 59.2 Å². The first-order valence-electron chi connectivity index (χ1n) is 9.68. The molecule has 0 unspecified atom stereocenters. The van der Waals surface area contributed by atoms with Gasteiger partial charge in [-0.2, -0.15) is 0 Å². The van der Waals surface area contributed by atoms with Gasteiger partial charge in [0.25, 0.3) is 0 Å². The lowest BCUT2D eigenvalue weighted by molar-refractivity contribution is -0.131. The quantitative estimate of drug-likeness (QED) is 0.261. The highest BCUT2D eigenvalue weighted by atomic mass is 16.5. The Bertz CT molecular complexity index is 1440. The van der Waals surface area contributed by atoms with E-state index in [0.29, 0.717) is 5.75 Å². The molecule has 0 fully saturated rings. The van der Waals surface area contributed by atoms with Gasteiger partial charge >= 0.3 is 5.97 Å². The van der Waals surface area contributed by atoms with E-state index in [1.165, 1.54) is 28.8 Å². The van der Waals surface area contributed by atoms with Gasteiger partial charge < -0.3 is 9.30 Å². The summed E-state index contributed by atoms with van der Waals surface area (Å²) >= 11 is 0. The molecule has 3 nitrogen and oxygen atoms in total. The second-order valence-corrected chi connectivity index (χ2v) is 7.35. The predicted octanol–water partition coefficient (Wildman–Crippen LogP) is 6.36. The summed E-state index contributed by atoms with van der Waals surface area (Å²) in [5.41, 5.74) is 6.80. The number of nitrogens with zero attached hydrogens (tertiary/aromatic N) is 1. The molecule has 138 valence electrons. The number of hydrogen-bond acceptors (Lipinski definition) is 2. The second-order valence-electron chi connectivity index (χ2n) is 7.35. The summed E-state index contributed by atoms with van der Waals surface area (Å²) in [6.07, 6.45) is 0. The van der Waals surface area contributed by atoms with Crippen molar-refractivity contribution in [2.24, 2.45) is 0 Å². The Balaban J connectivity index is 1.84. The Morgan fingerprint density at radius 1 is 0.759 bits per heavy atom. The van der Waals surface area contributed by atoms with Crippen LogP contribution in [0.4, 0.5) is 0 Å². The third-order valence-corrected chi connectivity index (χ3v) is 5.65. The van der Waals surface area contributed by atoms with E-state index in [1.807, 2.05) is 30.3 Å². The summed E-state index contributed by atoms with van der Waals surface area (Å²) in [6, 6.07) is 29.1. The fraction of sp³-hybridized carbons (Fsp3) is 0.0385. The van der Waals surface area contributed by atoms with Gasteiger partial charge in [-0.05, 0) is 40.6 Å². The standard InChI is InChI=1S/C26H17NO2/c1-16(28)29-22-15-7-14-21-25(22)24-19-12-5-8-17-9-6-13-20(23(17)19)26(24)27(21)18-10-3-2-4-11-18/h2-15H,1H3. The fourth-order valence-corrected chi connectivity index (χ4v) is 4.66. The van der Waals surface area contributed by atoms with Crippen molar-refractivity contribution in [3.63, 3.8) is 0 Å². The average molecular weight is 375 g/mol.